The minimum absolute atomic E-state index is 0.0309. The molecule has 1 aliphatic heterocycles. The molecule has 2 aromatic carbocycles. The Kier molecular flexibility index (Phi) is 5.62. The maximum absolute atomic E-state index is 12.7. The van der Waals surface area contributed by atoms with E-state index in [2.05, 4.69) is 20.8 Å². The summed E-state index contributed by atoms with van der Waals surface area (Å²) in [5, 5.41) is 14.3. The van der Waals surface area contributed by atoms with E-state index in [1.807, 2.05) is 43.3 Å². The topological polar surface area (TPSA) is 96.5 Å². The van der Waals surface area contributed by atoms with Gasteiger partial charge in [0, 0.05) is 12.2 Å². The van der Waals surface area contributed by atoms with E-state index in [-0.39, 0.29) is 12.3 Å². The minimum Gasteiger partial charge on any atom is -0.495 e. The van der Waals surface area contributed by atoms with Crippen LogP contribution in [0.5, 0.6) is 5.75 Å². The number of para-hydroxylation sites is 1. The van der Waals surface area contributed by atoms with Gasteiger partial charge in [-0.1, -0.05) is 35.6 Å². The molecule has 3 aromatic rings. The number of nitrogens with zero attached hydrogens (tertiary/aromatic N) is 3. The number of hydrogen-bond donors (Lipinski definition) is 2. The lowest BCUT2D eigenvalue weighted by Crippen LogP contribution is -2.30. The smallest absolute Gasteiger partial charge is 0.325 e. The number of rotatable bonds is 5. The number of carbonyl (C=O) groups is 2. The van der Waals surface area contributed by atoms with E-state index < -0.39 is 6.03 Å². The van der Waals surface area contributed by atoms with Gasteiger partial charge in [-0.3, -0.25) is 10.1 Å². The molecule has 30 heavy (non-hydrogen) atoms. The van der Waals surface area contributed by atoms with E-state index in [0.29, 0.717) is 28.1 Å². The number of methoxy groups -OCH3 is 1. The van der Waals surface area contributed by atoms with Crippen LogP contribution in [-0.2, 0) is 17.6 Å². The van der Waals surface area contributed by atoms with Crippen molar-refractivity contribution in [1.29, 1.82) is 0 Å². The number of urea groups is 1. The lowest BCUT2D eigenvalue weighted by atomic mass is 10.2. The summed E-state index contributed by atoms with van der Waals surface area (Å²) in [5.41, 5.74) is 3.68. The normalized spacial score (nSPS) is 12.4. The molecule has 0 fully saturated rings. The average molecular weight is 423 g/mol. The fourth-order valence-electron chi connectivity index (χ4n) is 3.37. The van der Waals surface area contributed by atoms with E-state index in [1.165, 1.54) is 16.9 Å². The summed E-state index contributed by atoms with van der Waals surface area (Å²) < 4.78 is 5.26. The van der Waals surface area contributed by atoms with Gasteiger partial charge >= 0.3 is 6.03 Å². The van der Waals surface area contributed by atoms with Crippen LogP contribution < -0.4 is 20.3 Å². The Morgan fingerprint density at radius 1 is 1.17 bits per heavy atom. The monoisotopic (exact) mass is 423 g/mol. The molecule has 1 aliphatic rings. The molecule has 0 atom stereocenters. The summed E-state index contributed by atoms with van der Waals surface area (Å²) in [6, 6.07) is 12.9. The van der Waals surface area contributed by atoms with Crippen molar-refractivity contribution in [3.8, 4) is 5.75 Å². The van der Waals surface area contributed by atoms with E-state index in [9.17, 15) is 9.59 Å². The number of carbonyl (C=O) groups excluding carboxylic acids is 2. The third-order valence-corrected chi connectivity index (χ3v) is 5.62. The molecule has 0 saturated heterocycles. The summed E-state index contributed by atoms with van der Waals surface area (Å²) in [6.07, 6.45) is 0.994. The van der Waals surface area contributed by atoms with Crippen molar-refractivity contribution in [2.45, 2.75) is 19.8 Å². The van der Waals surface area contributed by atoms with Gasteiger partial charge in [0.2, 0.25) is 11.0 Å². The second-order valence-electron chi connectivity index (χ2n) is 6.88. The zero-order valence-electron chi connectivity index (χ0n) is 16.6. The number of nitrogens with one attached hydrogen (secondary N) is 2. The Labute approximate surface area is 177 Å². The minimum atomic E-state index is -0.457. The Morgan fingerprint density at radius 3 is 2.83 bits per heavy atom. The molecule has 9 heteroatoms. The van der Waals surface area contributed by atoms with Crippen LogP contribution >= 0.6 is 11.3 Å². The van der Waals surface area contributed by atoms with Crippen LogP contribution in [0.25, 0.3) is 0 Å². The molecule has 2 heterocycles. The van der Waals surface area contributed by atoms with E-state index in [4.69, 9.17) is 4.74 Å². The lowest BCUT2D eigenvalue weighted by Gasteiger charge is -2.16. The molecule has 0 spiro atoms. The number of aromatic nitrogens is 2. The molecular formula is C21H21N5O3S. The Morgan fingerprint density at radius 2 is 2.00 bits per heavy atom. The summed E-state index contributed by atoms with van der Waals surface area (Å²) in [4.78, 5) is 26.8. The fraction of sp³-hybridized carbons (Fsp3) is 0.238. The van der Waals surface area contributed by atoms with Gasteiger partial charge in [0.15, 0.2) is 0 Å². The molecule has 2 N–H and O–H groups in total. The molecule has 0 unspecified atom stereocenters. The zero-order valence-corrected chi connectivity index (χ0v) is 17.5. The Bertz CT molecular complexity index is 1100. The summed E-state index contributed by atoms with van der Waals surface area (Å²) in [5.74, 6) is 0.529. The number of ether oxygens (including phenoxy) is 1. The highest BCUT2D eigenvalue weighted by Crippen LogP contribution is 2.29. The van der Waals surface area contributed by atoms with Crippen molar-refractivity contribution in [1.82, 2.24) is 10.2 Å². The number of fused-ring (bicyclic) bond motifs is 1. The van der Waals surface area contributed by atoms with Crippen molar-refractivity contribution in [2.75, 3.05) is 29.2 Å². The maximum atomic E-state index is 12.7. The van der Waals surface area contributed by atoms with Crippen molar-refractivity contribution < 1.29 is 14.3 Å². The third-order valence-electron chi connectivity index (χ3n) is 4.78. The first-order valence-electron chi connectivity index (χ1n) is 9.47. The molecule has 3 amide bonds. The number of aryl methyl sites for hydroxylation is 1. The second kappa shape index (κ2) is 8.50. The fourth-order valence-corrected chi connectivity index (χ4v) is 4.09. The number of hydrogen-bond acceptors (Lipinski definition) is 6. The van der Waals surface area contributed by atoms with Crippen LogP contribution in [0, 0.1) is 6.92 Å². The zero-order chi connectivity index (χ0) is 21.1. The highest BCUT2D eigenvalue weighted by atomic mass is 32.1. The molecule has 0 aliphatic carbocycles. The van der Waals surface area contributed by atoms with E-state index >= 15 is 0 Å². The van der Waals surface area contributed by atoms with Crippen molar-refractivity contribution in [3.63, 3.8) is 0 Å². The molecular weight excluding hydrogens is 402 g/mol. The van der Waals surface area contributed by atoms with Gasteiger partial charge in [-0.05, 0) is 42.7 Å². The molecule has 1 aromatic heterocycles. The predicted octanol–water partition coefficient (Wildman–Crippen LogP) is 3.63. The van der Waals surface area contributed by atoms with Gasteiger partial charge < -0.3 is 15.0 Å². The second-order valence-corrected chi connectivity index (χ2v) is 7.95. The van der Waals surface area contributed by atoms with Gasteiger partial charge in [-0.25, -0.2) is 4.79 Å². The number of anilines is 3. The molecule has 0 radical (unpaired) electrons. The van der Waals surface area contributed by atoms with Gasteiger partial charge in [-0.15, -0.1) is 10.2 Å². The summed E-state index contributed by atoms with van der Waals surface area (Å²) in [7, 11) is 1.54. The van der Waals surface area contributed by atoms with Crippen LogP contribution in [0.2, 0.25) is 0 Å². The maximum Gasteiger partial charge on any atom is 0.325 e. The molecule has 0 saturated carbocycles. The molecule has 4 rings (SSSR count). The van der Waals surface area contributed by atoms with Crippen LogP contribution in [0.15, 0.2) is 42.5 Å². The first-order chi connectivity index (χ1) is 14.5. The number of amides is 3. The van der Waals surface area contributed by atoms with Gasteiger partial charge in [0.05, 0.1) is 19.2 Å². The molecule has 154 valence electrons. The van der Waals surface area contributed by atoms with Crippen LogP contribution in [0.1, 0.15) is 16.1 Å². The summed E-state index contributed by atoms with van der Waals surface area (Å²) >= 11 is 1.18. The van der Waals surface area contributed by atoms with Crippen LogP contribution in [0.4, 0.5) is 21.3 Å². The van der Waals surface area contributed by atoms with Crippen LogP contribution in [-0.4, -0.2) is 35.8 Å². The Hall–Kier alpha value is -3.46. The van der Waals surface area contributed by atoms with Crippen molar-refractivity contribution in [3.05, 3.63) is 58.6 Å². The van der Waals surface area contributed by atoms with Gasteiger partial charge in [0.1, 0.15) is 10.8 Å². The third kappa shape index (κ3) is 4.25. The van der Waals surface area contributed by atoms with Crippen molar-refractivity contribution >= 4 is 39.8 Å². The average Bonchev–Trinajstić information content (AvgIpc) is 3.35. The van der Waals surface area contributed by atoms with E-state index in [1.54, 1.807) is 18.1 Å². The van der Waals surface area contributed by atoms with Gasteiger partial charge in [0.25, 0.3) is 0 Å². The highest BCUT2D eigenvalue weighted by Gasteiger charge is 2.25. The molecule has 8 nitrogen and oxygen atoms in total. The Balaban J connectivity index is 1.37. The first kappa shape index (κ1) is 19.8. The predicted molar refractivity (Wildman–Crippen MR) is 116 cm³/mol. The van der Waals surface area contributed by atoms with Crippen LogP contribution in [0.3, 0.4) is 0 Å². The standard InChI is InChI=1S/C21H21N5O3S/c1-13-7-8-17(29-2)15(11-13)22-20(28)23-21-25-24-18(30-21)12-19(27)26-10-9-14-5-3-4-6-16(14)26/h3-8,11H,9-10,12H2,1-2H3,(H2,22,23,25,28). The summed E-state index contributed by atoms with van der Waals surface area (Å²) in [6.45, 7) is 2.60. The largest absolute Gasteiger partial charge is 0.495 e. The van der Waals surface area contributed by atoms with Gasteiger partial charge in [-0.2, -0.15) is 0 Å². The molecule has 0 bridgehead atoms. The highest BCUT2D eigenvalue weighted by molar-refractivity contribution is 7.15. The SMILES string of the molecule is COc1ccc(C)cc1NC(=O)Nc1nnc(CC(=O)N2CCc3ccccc32)s1. The number of benzene rings is 2. The van der Waals surface area contributed by atoms with E-state index in [0.717, 1.165) is 17.7 Å². The lowest BCUT2D eigenvalue weighted by molar-refractivity contribution is -0.117. The van der Waals surface area contributed by atoms with Crippen molar-refractivity contribution in [2.24, 2.45) is 0 Å². The first-order valence-corrected chi connectivity index (χ1v) is 10.3. The quantitative estimate of drug-likeness (QED) is 0.653.